The molecule has 2 rings (SSSR count). The number of rotatable bonds is 4. The van der Waals surface area contributed by atoms with Crippen molar-refractivity contribution in [2.75, 3.05) is 11.5 Å². The number of nitrogens with zero attached hydrogens (tertiary/aromatic N) is 5. The Labute approximate surface area is 126 Å². The number of anilines is 2. The van der Waals surface area contributed by atoms with Gasteiger partial charge in [0.2, 0.25) is 0 Å². The van der Waals surface area contributed by atoms with Crippen LogP contribution in [0.15, 0.2) is 16.2 Å². The van der Waals surface area contributed by atoms with Gasteiger partial charge in [-0.3, -0.25) is 0 Å². The minimum absolute atomic E-state index is 0.275. The summed E-state index contributed by atoms with van der Waals surface area (Å²) in [6.45, 7) is 3.97. The highest BCUT2D eigenvalue weighted by Crippen LogP contribution is 2.29. The average molecular weight is 301 g/mol. The van der Waals surface area contributed by atoms with E-state index in [9.17, 15) is 5.26 Å². The Balaban J connectivity index is 2.47. The van der Waals surface area contributed by atoms with E-state index in [1.807, 2.05) is 13.8 Å². The molecule has 0 saturated heterocycles. The lowest BCUT2D eigenvalue weighted by molar-refractivity contribution is 0.815. The molecule has 0 spiro atoms. The maximum Gasteiger partial charge on any atom is 0.197 e. The first kappa shape index (κ1) is 15.0. The van der Waals surface area contributed by atoms with Gasteiger partial charge >= 0.3 is 0 Å². The Bertz CT molecular complexity index is 688. The third-order valence-corrected chi connectivity index (χ3v) is 3.70. The molecule has 0 radical (unpaired) electrons. The van der Waals surface area contributed by atoms with Crippen LogP contribution in [0.3, 0.4) is 0 Å². The van der Waals surface area contributed by atoms with Crippen LogP contribution in [-0.4, -0.2) is 20.2 Å². The van der Waals surface area contributed by atoms with E-state index in [4.69, 9.17) is 11.5 Å². The van der Waals surface area contributed by atoms with Crippen LogP contribution >= 0.6 is 11.8 Å². The molecule has 2 heterocycles. The van der Waals surface area contributed by atoms with Crippen molar-refractivity contribution in [2.24, 2.45) is 0 Å². The second kappa shape index (κ2) is 6.37. The molecule has 2 aromatic heterocycles. The van der Waals surface area contributed by atoms with Crippen molar-refractivity contribution in [1.29, 1.82) is 5.26 Å². The second-order valence-corrected chi connectivity index (χ2v) is 5.18. The minimum Gasteiger partial charge on any atom is -0.383 e. The molecule has 0 aliphatic heterocycles. The molecule has 0 amide bonds. The summed E-state index contributed by atoms with van der Waals surface area (Å²) in [7, 11) is 0. The average Bonchev–Trinajstić information content (AvgIpc) is 2.45. The van der Waals surface area contributed by atoms with Crippen LogP contribution in [0.1, 0.15) is 30.7 Å². The fourth-order valence-electron chi connectivity index (χ4n) is 1.94. The van der Waals surface area contributed by atoms with E-state index in [2.05, 4.69) is 26.2 Å². The van der Waals surface area contributed by atoms with E-state index in [1.54, 1.807) is 0 Å². The fourth-order valence-corrected chi connectivity index (χ4v) is 2.76. The zero-order valence-corrected chi connectivity index (χ0v) is 12.6. The predicted molar refractivity (Wildman–Crippen MR) is 80.5 cm³/mol. The van der Waals surface area contributed by atoms with Gasteiger partial charge in [0, 0.05) is 6.07 Å². The van der Waals surface area contributed by atoms with Crippen molar-refractivity contribution < 1.29 is 0 Å². The van der Waals surface area contributed by atoms with Crippen molar-refractivity contribution in [1.82, 2.24) is 20.2 Å². The van der Waals surface area contributed by atoms with Gasteiger partial charge in [0.1, 0.15) is 22.7 Å². The van der Waals surface area contributed by atoms with E-state index >= 15 is 0 Å². The molecule has 0 aliphatic rings. The SMILES string of the molecule is CCc1nnc(Sc2nc(N)cc(N)n2)c(C#N)c1CC. The number of nitrogen functional groups attached to an aromatic ring is 2. The van der Waals surface area contributed by atoms with Crippen LogP contribution in [0.2, 0.25) is 0 Å². The van der Waals surface area contributed by atoms with Crippen molar-refractivity contribution in [3.8, 4) is 6.07 Å². The largest absolute Gasteiger partial charge is 0.383 e. The molecular weight excluding hydrogens is 286 g/mol. The molecule has 8 heteroatoms. The first-order valence-electron chi connectivity index (χ1n) is 6.45. The van der Waals surface area contributed by atoms with Crippen molar-refractivity contribution >= 4 is 23.4 Å². The first-order valence-corrected chi connectivity index (χ1v) is 7.27. The summed E-state index contributed by atoms with van der Waals surface area (Å²) >= 11 is 1.14. The lowest BCUT2D eigenvalue weighted by Crippen LogP contribution is -2.05. The molecule has 21 heavy (non-hydrogen) atoms. The highest BCUT2D eigenvalue weighted by molar-refractivity contribution is 7.99. The van der Waals surface area contributed by atoms with Crippen LogP contribution in [-0.2, 0) is 12.8 Å². The predicted octanol–water partition coefficient (Wildman–Crippen LogP) is 1.58. The molecule has 0 aliphatic carbocycles. The van der Waals surface area contributed by atoms with Gasteiger partial charge in [-0.05, 0) is 30.2 Å². The Morgan fingerprint density at radius 2 is 1.81 bits per heavy atom. The standard InChI is InChI=1S/C13H15N7S/c1-3-7-8(6-14)12(20-19-9(7)4-2)21-13-17-10(15)5-11(16)18-13/h5H,3-4H2,1-2H3,(H4,15,16,17,18). The number of nitriles is 1. The number of hydrogen-bond donors (Lipinski definition) is 2. The molecule has 0 saturated carbocycles. The maximum atomic E-state index is 9.42. The molecule has 108 valence electrons. The lowest BCUT2D eigenvalue weighted by Gasteiger charge is -2.09. The highest BCUT2D eigenvalue weighted by Gasteiger charge is 2.16. The first-order chi connectivity index (χ1) is 10.1. The summed E-state index contributed by atoms with van der Waals surface area (Å²) in [5, 5.41) is 18.5. The molecule has 0 fully saturated rings. The zero-order chi connectivity index (χ0) is 15.4. The van der Waals surface area contributed by atoms with Gasteiger partial charge in [0.05, 0.1) is 11.3 Å². The van der Waals surface area contributed by atoms with Crippen LogP contribution in [0.4, 0.5) is 11.6 Å². The number of aromatic nitrogens is 4. The fraction of sp³-hybridized carbons (Fsp3) is 0.308. The smallest absolute Gasteiger partial charge is 0.197 e. The van der Waals surface area contributed by atoms with Gasteiger partial charge in [0.25, 0.3) is 0 Å². The third-order valence-electron chi connectivity index (χ3n) is 2.86. The maximum absolute atomic E-state index is 9.42. The normalized spacial score (nSPS) is 10.3. The van der Waals surface area contributed by atoms with Gasteiger partial charge in [-0.25, -0.2) is 9.97 Å². The van der Waals surface area contributed by atoms with Gasteiger partial charge in [-0.15, -0.1) is 5.10 Å². The van der Waals surface area contributed by atoms with E-state index in [0.29, 0.717) is 15.7 Å². The lowest BCUT2D eigenvalue weighted by atomic mass is 10.1. The Kier molecular flexibility index (Phi) is 4.55. The van der Waals surface area contributed by atoms with E-state index in [0.717, 1.165) is 35.9 Å². The minimum atomic E-state index is 0.275. The van der Waals surface area contributed by atoms with Crippen LogP contribution in [0.25, 0.3) is 0 Å². The van der Waals surface area contributed by atoms with Gasteiger partial charge in [-0.2, -0.15) is 10.4 Å². The van der Waals surface area contributed by atoms with Gasteiger partial charge in [0.15, 0.2) is 5.16 Å². The van der Waals surface area contributed by atoms with Gasteiger partial charge < -0.3 is 11.5 Å². The Morgan fingerprint density at radius 1 is 1.14 bits per heavy atom. The molecule has 0 unspecified atom stereocenters. The summed E-state index contributed by atoms with van der Waals surface area (Å²) in [6, 6.07) is 3.67. The van der Waals surface area contributed by atoms with Crippen LogP contribution in [0, 0.1) is 11.3 Å². The van der Waals surface area contributed by atoms with Crippen molar-refractivity contribution in [3.63, 3.8) is 0 Å². The molecule has 2 aromatic rings. The molecule has 0 bridgehead atoms. The molecule has 7 nitrogen and oxygen atoms in total. The molecular formula is C13H15N7S. The van der Waals surface area contributed by atoms with Crippen LogP contribution < -0.4 is 11.5 Å². The molecule has 0 atom stereocenters. The zero-order valence-electron chi connectivity index (χ0n) is 11.8. The topological polar surface area (TPSA) is 127 Å². The van der Waals surface area contributed by atoms with E-state index in [1.165, 1.54) is 6.07 Å². The Hall–Kier alpha value is -2.40. The molecule has 0 aromatic carbocycles. The summed E-state index contributed by atoms with van der Waals surface area (Å²) in [6.07, 6.45) is 1.45. The number of nitrogens with two attached hydrogens (primary N) is 2. The van der Waals surface area contributed by atoms with E-state index < -0.39 is 0 Å². The highest BCUT2D eigenvalue weighted by atomic mass is 32.2. The summed E-state index contributed by atoms with van der Waals surface area (Å²) < 4.78 is 0. The van der Waals surface area contributed by atoms with Crippen molar-refractivity contribution in [2.45, 2.75) is 36.9 Å². The summed E-state index contributed by atoms with van der Waals surface area (Å²) in [4.78, 5) is 8.15. The van der Waals surface area contributed by atoms with Crippen LogP contribution in [0.5, 0.6) is 0 Å². The van der Waals surface area contributed by atoms with Crippen molar-refractivity contribution in [3.05, 3.63) is 22.9 Å². The molecule has 4 N–H and O–H groups in total. The summed E-state index contributed by atoms with van der Waals surface area (Å²) in [5.41, 5.74) is 13.5. The van der Waals surface area contributed by atoms with Gasteiger partial charge in [-0.1, -0.05) is 13.8 Å². The Morgan fingerprint density at radius 3 is 2.33 bits per heavy atom. The number of hydrogen-bond acceptors (Lipinski definition) is 8. The summed E-state index contributed by atoms with van der Waals surface area (Å²) in [5.74, 6) is 0.551. The monoisotopic (exact) mass is 301 g/mol. The van der Waals surface area contributed by atoms with E-state index in [-0.39, 0.29) is 11.6 Å². The third kappa shape index (κ3) is 3.20. The number of aryl methyl sites for hydroxylation is 1. The quantitative estimate of drug-likeness (QED) is 0.815. The second-order valence-electron chi connectivity index (χ2n) is 4.23.